The fraction of sp³-hybridized carbons (Fsp3) is 0.741. The van der Waals surface area contributed by atoms with Crippen molar-refractivity contribution in [3.8, 4) is 0 Å². The summed E-state index contributed by atoms with van der Waals surface area (Å²) < 4.78 is 2.66. The zero-order chi connectivity index (χ0) is 21.0. The van der Waals surface area contributed by atoms with Gasteiger partial charge in [0.05, 0.1) is 11.0 Å². The van der Waals surface area contributed by atoms with Crippen molar-refractivity contribution in [2.45, 2.75) is 70.8 Å². The molecule has 1 aromatic carbocycles. The molecule has 1 aromatic heterocycles. The largest absolute Gasteiger partial charge is 0.324 e. The van der Waals surface area contributed by atoms with Crippen molar-refractivity contribution in [2.75, 3.05) is 32.7 Å². The summed E-state index contributed by atoms with van der Waals surface area (Å²) in [6, 6.07) is 9.44. The van der Waals surface area contributed by atoms with E-state index < -0.39 is 0 Å². The number of nitrogens with zero attached hydrogens (tertiary/aromatic N) is 3. The van der Waals surface area contributed by atoms with Crippen LogP contribution in [0.15, 0.2) is 24.3 Å². The fourth-order valence-electron chi connectivity index (χ4n) is 7.68. The van der Waals surface area contributed by atoms with E-state index >= 15 is 0 Å². The summed E-state index contributed by atoms with van der Waals surface area (Å²) in [5.41, 5.74) is 3.16. The summed E-state index contributed by atoms with van der Waals surface area (Å²) in [5, 5.41) is 3.61. The maximum atomic E-state index is 5.16. The summed E-state index contributed by atoms with van der Waals surface area (Å²) in [6.45, 7) is 11.2. The Balaban J connectivity index is 1.17. The van der Waals surface area contributed by atoms with E-state index in [-0.39, 0.29) is 0 Å². The predicted molar refractivity (Wildman–Crippen MR) is 127 cm³/mol. The van der Waals surface area contributed by atoms with Crippen molar-refractivity contribution < 1.29 is 0 Å². The van der Waals surface area contributed by atoms with E-state index in [9.17, 15) is 0 Å². The molecule has 168 valence electrons. The second-order valence-corrected chi connectivity index (χ2v) is 11.6. The molecular weight excluding hydrogens is 380 g/mol. The molecule has 4 atom stereocenters. The number of piperidine rings is 2. The first kappa shape index (κ1) is 20.2. The zero-order valence-corrected chi connectivity index (χ0v) is 19.5. The van der Waals surface area contributed by atoms with Crippen LogP contribution < -0.4 is 5.32 Å². The molecule has 31 heavy (non-hydrogen) atoms. The molecular formula is C27H40N4. The first-order valence-electron chi connectivity index (χ1n) is 13.0. The van der Waals surface area contributed by atoms with Gasteiger partial charge in [0.25, 0.3) is 0 Å². The third-order valence-corrected chi connectivity index (χ3v) is 9.70. The molecule has 1 N–H and O–H groups in total. The SMILES string of the molecule is CC1(C)C2CCC(CN3CCC(n4c(C5CCCNC5)nc5ccccc54)CC3)C1C2. The monoisotopic (exact) mass is 420 g/mol. The highest BCUT2D eigenvalue weighted by molar-refractivity contribution is 5.76. The topological polar surface area (TPSA) is 33.1 Å². The van der Waals surface area contributed by atoms with Gasteiger partial charge in [-0.2, -0.15) is 0 Å². The highest BCUT2D eigenvalue weighted by Gasteiger charge is 2.54. The molecule has 4 heteroatoms. The highest BCUT2D eigenvalue weighted by atomic mass is 15.2. The summed E-state index contributed by atoms with van der Waals surface area (Å²) in [5.74, 6) is 4.85. The van der Waals surface area contributed by atoms with Gasteiger partial charge in [-0.15, -0.1) is 0 Å². The van der Waals surface area contributed by atoms with Gasteiger partial charge in [-0.3, -0.25) is 0 Å². The average Bonchev–Trinajstić information content (AvgIpc) is 3.20. The van der Waals surface area contributed by atoms with Crippen LogP contribution in [0.25, 0.3) is 11.0 Å². The van der Waals surface area contributed by atoms with Crippen molar-refractivity contribution in [2.24, 2.45) is 23.2 Å². The van der Waals surface area contributed by atoms with Crippen molar-refractivity contribution in [1.29, 1.82) is 0 Å². The minimum absolute atomic E-state index is 0.565. The maximum absolute atomic E-state index is 5.16. The number of hydrogen-bond donors (Lipinski definition) is 1. The molecule has 3 heterocycles. The van der Waals surface area contributed by atoms with E-state index in [0.717, 1.165) is 30.8 Å². The minimum Gasteiger partial charge on any atom is -0.324 e. The number of likely N-dealkylation sites (tertiary alicyclic amines) is 1. The number of fused-ring (bicyclic) bond motifs is 3. The van der Waals surface area contributed by atoms with E-state index in [1.807, 2.05) is 0 Å². The number of hydrogen-bond acceptors (Lipinski definition) is 3. The van der Waals surface area contributed by atoms with Crippen molar-refractivity contribution in [3.63, 3.8) is 0 Å². The molecule has 3 aliphatic carbocycles. The van der Waals surface area contributed by atoms with Crippen molar-refractivity contribution in [1.82, 2.24) is 19.8 Å². The summed E-state index contributed by atoms with van der Waals surface area (Å²) in [4.78, 5) is 7.97. The smallest absolute Gasteiger partial charge is 0.114 e. The number of aromatic nitrogens is 2. The van der Waals surface area contributed by atoms with Crippen LogP contribution in [0.5, 0.6) is 0 Å². The van der Waals surface area contributed by atoms with Gasteiger partial charge >= 0.3 is 0 Å². The van der Waals surface area contributed by atoms with Crippen LogP contribution >= 0.6 is 0 Å². The zero-order valence-electron chi connectivity index (χ0n) is 19.5. The van der Waals surface area contributed by atoms with Crippen molar-refractivity contribution in [3.05, 3.63) is 30.1 Å². The van der Waals surface area contributed by atoms with E-state index in [1.165, 1.54) is 81.4 Å². The van der Waals surface area contributed by atoms with Gasteiger partial charge in [-0.25, -0.2) is 4.98 Å². The summed E-state index contributed by atoms with van der Waals surface area (Å²) in [7, 11) is 0. The van der Waals surface area contributed by atoms with E-state index in [2.05, 4.69) is 52.9 Å². The lowest BCUT2D eigenvalue weighted by Crippen LogP contribution is -2.55. The molecule has 5 fully saturated rings. The standard InChI is InChI=1S/C27H40N4/c1-27(2)21-10-9-20(23(27)16-21)18-30-14-11-22(12-15-30)31-25-8-4-3-7-24(25)29-26(31)19-6-5-13-28-17-19/h3-4,7-8,19-23,28H,5-6,9-18H2,1-2H3. The number of benzene rings is 1. The summed E-state index contributed by atoms with van der Waals surface area (Å²) in [6.07, 6.45) is 9.55. The van der Waals surface area contributed by atoms with Crippen molar-refractivity contribution >= 4 is 11.0 Å². The fourth-order valence-corrected chi connectivity index (χ4v) is 7.68. The van der Waals surface area contributed by atoms with Crippen LogP contribution in [0.3, 0.4) is 0 Å². The second-order valence-electron chi connectivity index (χ2n) is 11.6. The Labute approximate surface area is 187 Å². The van der Waals surface area contributed by atoms with E-state index in [4.69, 9.17) is 4.98 Å². The molecule has 0 radical (unpaired) electrons. The van der Waals surface area contributed by atoms with Crippen LogP contribution in [0.1, 0.15) is 76.6 Å². The summed E-state index contributed by atoms with van der Waals surface area (Å²) >= 11 is 0. The normalized spacial score (nSPS) is 34.0. The van der Waals surface area contributed by atoms with Gasteiger partial charge < -0.3 is 14.8 Å². The Hall–Kier alpha value is -1.39. The van der Waals surface area contributed by atoms with Gasteiger partial charge in [-0.1, -0.05) is 26.0 Å². The first-order valence-corrected chi connectivity index (χ1v) is 13.0. The minimum atomic E-state index is 0.565. The second kappa shape index (κ2) is 7.88. The molecule has 5 aliphatic rings. The molecule has 4 nitrogen and oxygen atoms in total. The Morgan fingerprint density at radius 1 is 1.06 bits per heavy atom. The Kier molecular flexibility index (Phi) is 5.14. The lowest BCUT2D eigenvalue weighted by atomic mass is 9.45. The Morgan fingerprint density at radius 3 is 2.65 bits per heavy atom. The van der Waals surface area contributed by atoms with Gasteiger partial charge in [0.15, 0.2) is 0 Å². The lowest BCUT2D eigenvalue weighted by Gasteiger charge is -2.61. The molecule has 4 unspecified atom stereocenters. The molecule has 7 rings (SSSR count). The number of para-hydroxylation sites is 2. The maximum Gasteiger partial charge on any atom is 0.114 e. The Morgan fingerprint density at radius 2 is 1.90 bits per heavy atom. The average molecular weight is 421 g/mol. The van der Waals surface area contributed by atoms with Crippen LogP contribution in [0.2, 0.25) is 0 Å². The van der Waals surface area contributed by atoms with Crippen LogP contribution in [0, 0.1) is 23.2 Å². The van der Waals surface area contributed by atoms with Gasteiger partial charge in [0.2, 0.25) is 0 Å². The van der Waals surface area contributed by atoms with Crippen LogP contribution in [-0.4, -0.2) is 47.2 Å². The predicted octanol–water partition coefficient (Wildman–Crippen LogP) is 5.21. The lowest BCUT2D eigenvalue weighted by molar-refractivity contribution is -0.112. The van der Waals surface area contributed by atoms with Crippen LogP contribution in [0.4, 0.5) is 0 Å². The van der Waals surface area contributed by atoms with Gasteiger partial charge in [0, 0.05) is 38.1 Å². The third kappa shape index (κ3) is 3.45. The van der Waals surface area contributed by atoms with E-state index in [0.29, 0.717) is 17.4 Å². The molecule has 0 amide bonds. The molecule has 2 aliphatic heterocycles. The van der Waals surface area contributed by atoms with E-state index in [1.54, 1.807) is 0 Å². The van der Waals surface area contributed by atoms with Crippen LogP contribution in [-0.2, 0) is 0 Å². The molecule has 3 saturated carbocycles. The van der Waals surface area contributed by atoms with Gasteiger partial charge in [-0.05, 0) is 86.8 Å². The Bertz CT molecular complexity index is 914. The molecule has 0 spiro atoms. The number of imidazole rings is 1. The molecule has 2 saturated heterocycles. The highest BCUT2D eigenvalue weighted by Crippen LogP contribution is 2.61. The quantitative estimate of drug-likeness (QED) is 0.737. The first-order chi connectivity index (χ1) is 15.1. The molecule has 2 bridgehead atoms. The number of rotatable bonds is 4. The molecule has 2 aromatic rings. The van der Waals surface area contributed by atoms with Gasteiger partial charge in [0.1, 0.15) is 5.82 Å². The third-order valence-electron chi connectivity index (χ3n) is 9.70. The number of nitrogens with one attached hydrogen (secondary N) is 1.